The van der Waals surface area contributed by atoms with E-state index in [1.165, 1.54) is 18.2 Å². The zero-order valence-corrected chi connectivity index (χ0v) is 11.6. The number of nitrogens with one attached hydrogen (secondary N) is 1. The summed E-state index contributed by atoms with van der Waals surface area (Å²) in [6.45, 7) is 2.80. The van der Waals surface area contributed by atoms with E-state index in [1.54, 1.807) is 0 Å². The van der Waals surface area contributed by atoms with Crippen LogP contribution in [0.5, 0.6) is 0 Å². The Morgan fingerprint density at radius 1 is 1.35 bits per heavy atom. The lowest BCUT2D eigenvalue weighted by molar-refractivity contribution is 0.0594. The molecule has 1 N–H and O–H groups in total. The van der Waals surface area contributed by atoms with Gasteiger partial charge in [0.05, 0.1) is 7.11 Å². The zero-order chi connectivity index (χ0) is 13.9. The van der Waals surface area contributed by atoms with Crippen LogP contribution in [0.4, 0.5) is 0 Å². The molecule has 104 valence electrons. The molecule has 0 spiro atoms. The van der Waals surface area contributed by atoms with Crippen LogP contribution in [-0.2, 0) is 24.2 Å². The average Bonchev–Trinajstić information content (AvgIpc) is 2.90. The number of rotatable bonds is 3. The molecule has 0 amide bonds. The summed E-state index contributed by atoms with van der Waals surface area (Å²) in [6.07, 6.45) is 0.968. The second kappa shape index (κ2) is 5.51. The van der Waals surface area contributed by atoms with Crippen LogP contribution in [-0.4, -0.2) is 29.5 Å². The summed E-state index contributed by atoms with van der Waals surface area (Å²) in [5.74, 6) is -0.297. The van der Waals surface area contributed by atoms with Gasteiger partial charge in [0.15, 0.2) is 0 Å². The molecule has 0 saturated heterocycles. The number of hydrogen-bond acceptors (Lipinski definition) is 3. The monoisotopic (exact) mass is 270 g/mol. The topological polar surface area (TPSA) is 45.3 Å². The van der Waals surface area contributed by atoms with Gasteiger partial charge in [-0.05, 0) is 23.6 Å². The third kappa shape index (κ3) is 2.60. The van der Waals surface area contributed by atoms with Gasteiger partial charge in [0, 0.05) is 25.3 Å². The molecule has 0 aliphatic carbocycles. The van der Waals surface area contributed by atoms with Crippen molar-refractivity contribution in [1.82, 2.24) is 9.88 Å². The van der Waals surface area contributed by atoms with Gasteiger partial charge in [-0.2, -0.15) is 0 Å². The highest BCUT2D eigenvalue weighted by Gasteiger charge is 2.21. The number of H-pyrrole nitrogens is 1. The van der Waals surface area contributed by atoms with Crippen molar-refractivity contribution < 1.29 is 9.53 Å². The van der Waals surface area contributed by atoms with Crippen LogP contribution >= 0.6 is 0 Å². The van der Waals surface area contributed by atoms with Crippen LogP contribution < -0.4 is 0 Å². The largest absolute Gasteiger partial charge is 0.464 e. The number of esters is 1. The molecule has 4 nitrogen and oxygen atoms in total. The second-order valence-corrected chi connectivity index (χ2v) is 5.12. The van der Waals surface area contributed by atoms with Gasteiger partial charge in [0.1, 0.15) is 5.69 Å². The standard InChI is InChI=1S/C16H18N2O2/c1-20-16(19)14-9-13-7-8-18(11-15(13)17-14)10-12-5-3-2-4-6-12/h2-6,9,17H,7-8,10-11H2,1H3. The summed E-state index contributed by atoms with van der Waals surface area (Å²) in [5.41, 5.74) is 4.23. The average molecular weight is 270 g/mol. The molecule has 0 radical (unpaired) electrons. The number of aromatic nitrogens is 1. The molecule has 0 unspecified atom stereocenters. The summed E-state index contributed by atoms with van der Waals surface area (Å²) in [4.78, 5) is 17.1. The van der Waals surface area contributed by atoms with Crippen molar-refractivity contribution in [2.75, 3.05) is 13.7 Å². The van der Waals surface area contributed by atoms with Gasteiger partial charge in [0.25, 0.3) is 0 Å². The minimum atomic E-state index is -0.297. The predicted molar refractivity (Wildman–Crippen MR) is 76.4 cm³/mol. The molecule has 4 heteroatoms. The van der Waals surface area contributed by atoms with E-state index < -0.39 is 0 Å². The van der Waals surface area contributed by atoms with Crippen LogP contribution in [0.2, 0.25) is 0 Å². The van der Waals surface area contributed by atoms with Crippen molar-refractivity contribution in [2.24, 2.45) is 0 Å². The van der Waals surface area contributed by atoms with Gasteiger partial charge in [-0.1, -0.05) is 30.3 Å². The Morgan fingerprint density at radius 3 is 2.90 bits per heavy atom. The maximum atomic E-state index is 11.5. The Balaban J connectivity index is 1.72. The molecular weight excluding hydrogens is 252 g/mol. The van der Waals surface area contributed by atoms with E-state index in [1.807, 2.05) is 12.1 Å². The van der Waals surface area contributed by atoms with Crippen molar-refractivity contribution in [3.8, 4) is 0 Å². The first-order chi connectivity index (χ1) is 9.76. The van der Waals surface area contributed by atoms with Gasteiger partial charge >= 0.3 is 5.97 Å². The van der Waals surface area contributed by atoms with E-state index in [0.29, 0.717) is 5.69 Å². The fourth-order valence-electron chi connectivity index (χ4n) is 2.68. The van der Waals surface area contributed by atoms with Gasteiger partial charge in [-0.15, -0.1) is 0 Å². The number of methoxy groups -OCH3 is 1. The zero-order valence-electron chi connectivity index (χ0n) is 11.6. The van der Waals surface area contributed by atoms with E-state index in [0.717, 1.165) is 31.7 Å². The SMILES string of the molecule is COC(=O)c1cc2c([nH]1)CN(Cc1ccccc1)CC2. The highest BCUT2D eigenvalue weighted by molar-refractivity contribution is 5.87. The first kappa shape index (κ1) is 12.9. The fraction of sp³-hybridized carbons (Fsp3) is 0.312. The molecule has 3 rings (SSSR count). The lowest BCUT2D eigenvalue weighted by Crippen LogP contribution is -2.29. The number of nitrogens with zero attached hydrogens (tertiary/aromatic N) is 1. The molecule has 0 saturated carbocycles. The normalized spacial score (nSPS) is 14.8. The minimum Gasteiger partial charge on any atom is -0.464 e. The molecule has 0 atom stereocenters. The maximum absolute atomic E-state index is 11.5. The lowest BCUT2D eigenvalue weighted by Gasteiger charge is -2.26. The van der Waals surface area contributed by atoms with Crippen molar-refractivity contribution >= 4 is 5.97 Å². The summed E-state index contributed by atoms with van der Waals surface area (Å²) in [6, 6.07) is 12.4. The van der Waals surface area contributed by atoms with Crippen LogP contribution in [0.3, 0.4) is 0 Å². The first-order valence-corrected chi connectivity index (χ1v) is 6.81. The van der Waals surface area contributed by atoms with E-state index >= 15 is 0 Å². The number of ether oxygens (including phenoxy) is 1. The third-order valence-corrected chi connectivity index (χ3v) is 3.73. The molecule has 2 aromatic rings. The summed E-state index contributed by atoms with van der Waals surface area (Å²) >= 11 is 0. The molecule has 0 fully saturated rings. The molecule has 1 aromatic heterocycles. The molecule has 1 aliphatic heterocycles. The fourth-order valence-corrected chi connectivity index (χ4v) is 2.68. The highest BCUT2D eigenvalue weighted by Crippen LogP contribution is 2.21. The lowest BCUT2D eigenvalue weighted by atomic mass is 10.1. The van der Waals surface area contributed by atoms with Gasteiger partial charge in [0.2, 0.25) is 0 Å². The highest BCUT2D eigenvalue weighted by atomic mass is 16.5. The van der Waals surface area contributed by atoms with Crippen molar-refractivity contribution in [3.05, 3.63) is 58.9 Å². The third-order valence-electron chi connectivity index (χ3n) is 3.73. The van der Waals surface area contributed by atoms with Crippen LogP contribution in [0.25, 0.3) is 0 Å². The number of carbonyl (C=O) groups is 1. The van der Waals surface area contributed by atoms with Crippen molar-refractivity contribution in [3.63, 3.8) is 0 Å². The molecule has 0 bridgehead atoms. The molecular formula is C16H18N2O2. The first-order valence-electron chi connectivity index (χ1n) is 6.81. The number of hydrogen-bond donors (Lipinski definition) is 1. The number of benzene rings is 1. The summed E-state index contributed by atoms with van der Waals surface area (Å²) < 4.78 is 4.75. The van der Waals surface area contributed by atoms with Crippen LogP contribution in [0.15, 0.2) is 36.4 Å². The molecule has 2 heterocycles. The maximum Gasteiger partial charge on any atom is 0.354 e. The number of carbonyl (C=O) groups excluding carboxylic acids is 1. The number of fused-ring (bicyclic) bond motifs is 1. The van der Waals surface area contributed by atoms with Crippen molar-refractivity contribution in [2.45, 2.75) is 19.5 Å². The quantitative estimate of drug-likeness (QED) is 0.871. The Morgan fingerprint density at radius 2 is 2.15 bits per heavy atom. The molecule has 1 aliphatic rings. The summed E-state index contributed by atoms with van der Waals surface area (Å²) in [7, 11) is 1.41. The van der Waals surface area contributed by atoms with E-state index in [9.17, 15) is 4.79 Å². The van der Waals surface area contributed by atoms with Gasteiger partial charge in [-0.25, -0.2) is 4.79 Å². The van der Waals surface area contributed by atoms with Crippen LogP contribution in [0.1, 0.15) is 27.3 Å². The van der Waals surface area contributed by atoms with Crippen molar-refractivity contribution in [1.29, 1.82) is 0 Å². The van der Waals surface area contributed by atoms with E-state index in [2.05, 4.69) is 34.1 Å². The number of aromatic amines is 1. The van der Waals surface area contributed by atoms with Gasteiger partial charge in [-0.3, -0.25) is 4.90 Å². The molecule has 20 heavy (non-hydrogen) atoms. The van der Waals surface area contributed by atoms with E-state index in [4.69, 9.17) is 4.74 Å². The predicted octanol–water partition coefficient (Wildman–Crippen LogP) is 2.36. The Hall–Kier alpha value is -2.07. The Bertz CT molecular complexity index is 604. The second-order valence-electron chi connectivity index (χ2n) is 5.12. The summed E-state index contributed by atoms with van der Waals surface area (Å²) in [5, 5.41) is 0. The molecule has 1 aromatic carbocycles. The smallest absolute Gasteiger partial charge is 0.354 e. The van der Waals surface area contributed by atoms with Gasteiger partial charge < -0.3 is 9.72 Å². The van der Waals surface area contributed by atoms with Crippen LogP contribution in [0, 0.1) is 0 Å². The minimum absolute atomic E-state index is 0.297. The Kier molecular flexibility index (Phi) is 3.56. The van der Waals surface area contributed by atoms with E-state index in [-0.39, 0.29) is 5.97 Å². The Labute approximate surface area is 118 Å².